The zero-order valence-electron chi connectivity index (χ0n) is 17.1. The van der Waals surface area contributed by atoms with E-state index in [4.69, 9.17) is 0 Å². The van der Waals surface area contributed by atoms with Gasteiger partial charge < -0.3 is 10.2 Å². The molecule has 31 heavy (non-hydrogen) atoms. The van der Waals surface area contributed by atoms with Gasteiger partial charge in [-0.1, -0.05) is 11.3 Å². The molecule has 0 atom stereocenters. The van der Waals surface area contributed by atoms with Crippen LogP contribution in [0.2, 0.25) is 0 Å². The Balaban J connectivity index is 1.75. The Labute approximate surface area is 182 Å². The number of carbonyl (C=O) groups is 1. The molecule has 164 valence electrons. The number of aryl methyl sites for hydroxylation is 1. The van der Waals surface area contributed by atoms with Crippen molar-refractivity contribution >= 4 is 39.8 Å². The van der Waals surface area contributed by atoms with Gasteiger partial charge in [0.05, 0.1) is 17.2 Å². The van der Waals surface area contributed by atoms with Crippen molar-refractivity contribution in [1.82, 2.24) is 25.3 Å². The molecule has 1 aliphatic heterocycles. The van der Waals surface area contributed by atoms with Crippen LogP contribution < -0.4 is 10.6 Å². The largest absolute Gasteiger partial charge is 0.373 e. The predicted molar refractivity (Wildman–Crippen MR) is 117 cm³/mol. The number of aromatic nitrogens is 4. The van der Waals surface area contributed by atoms with E-state index >= 15 is 0 Å². The second kappa shape index (κ2) is 9.46. The minimum atomic E-state index is -1.06. The van der Waals surface area contributed by atoms with Gasteiger partial charge in [-0.15, -0.1) is 20.4 Å². The Hall–Kier alpha value is -2.95. The summed E-state index contributed by atoms with van der Waals surface area (Å²) >= 11 is 1.44. The van der Waals surface area contributed by atoms with Crippen LogP contribution in [0, 0.1) is 6.92 Å². The molecule has 0 aliphatic carbocycles. The van der Waals surface area contributed by atoms with Crippen LogP contribution in [0.4, 0.5) is 25.1 Å². The summed E-state index contributed by atoms with van der Waals surface area (Å²) in [6.07, 6.45) is 2.98. The van der Waals surface area contributed by atoms with Crippen LogP contribution in [0.25, 0.3) is 21.5 Å². The van der Waals surface area contributed by atoms with Gasteiger partial charge in [-0.3, -0.25) is 5.32 Å². The molecule has 0 saturated carbocycles. The summed E-state index contributed by atoms with van der Waals surface area (Å²) in [5.74, 6) is 0.139. The van der Waals surface area contributed by atoms with E-state index in [0.29, 0.717) is 34.7 Å². The molecule has 0 spiro atoms. The van der Waals surface area contributed by atoms with E-state index in [-0.39, 0.29) is 11.8 Å². The monoisotopic (exact) mass is 447 g/mol. The molecule has 0 bridgehead atoms. The van der Waals surface area contributed by atoms with Crippen molar-refractivity contribution in [2.45, 2.75) is 32.2 Å². The van der Waals surface area contributed by atoms with E-state index in [9.17, 15) is 13.6 Å². The Kier molecular flexibility index (Phi) is 6.50. The first-order valence-electron chi connectivity index (χ1n) is 10.1. The lowest BCUT2D eigenvalue weighted by Crippen LogP contribution is -2.39. The zero-order valence-corrected chi connectivity index (χ0v) is 17.9. The molecule has 0 unspecified atom stereocenters. The number of alkyl halides is 2. The minimum absolute atomic E-state index is 0.139. The van der Waals surface area contributed by atoms with Crippen LogP contribution >= 0.6 is 11.3 Å². The van der Waals surface area contributed by atoms with Crippen LogP contribution in [-0.4, -0.2) is 63.8 Å². The van der Waals surface area contributed by atoms with Crippen LogP contribution in [-0.2, 0) is 0 Å². The highest BCUT2D eigenvalue weighted by molar-refractivity contribution is 7.14. The van der Waals surface area contributed by atoms with E-state index in [0.717, 1.165) is 29.8 Å². The first kappa shape index (κ1) is 21.3. The Morgan fingerprint density at radius 3 is 2.58 bits per heavy atom. The number of nitrogens with one attached hydrogen (secondary N) is 2. The van der Waals surface area contributed by atoms with Crippen molar-refractivity contribution in [3.8, 4) is 10.6 Å². The standard InChI is InChI=1S/C20H23F2N7OS/c1-12-25-28-19(31-12)13-5-6-16-15(9-13)17(23-14(10-21)11-22)18(27-26-16)24-20(30)29-7-3-2-4-8-29/h5-6,9,14H,2-4,7-8,10-11H2,1H3,(H,23,26)(H,24,27,30). The van der Waals surface area contributed by atoms with E-state index in [1.54, 1.807) is 11.0 Å². The van der Waals surface area contributed by atoms with Gasteiger partial charge >= 0.3 is 6.03 Å². The Bertz CT molecular complexity index is 1070. The third-order valence-electron chi connectivity index (χ3n) is 5.12. The average Bonchev–Trinajstić information content (AvgIpc) is 3.24. The van der Waals surface area contributed by atoms with Crippen molar-refractivity contribution < 1.29 is 13.6 Å². The number of nitrogens with zero attached hydrogens (tertiary/aromatic N) is 5. The van der Waals surface area contributed by atoms with Crippen LogP contribution in [0.5, 0.6) is 0 Å². The van der Waals surface area contributed by atoms with Crippen LogP contribution in [0.3, 0.4) is 0 Å². The fraction of sp³-hybridized carbons (Fsp3) is 0.450. The SMILES string of the molecule is Cc1nnc(-c2ccc3nnc(NC(=O)N4CCCCC4)c(NC(CF)CF)c3c2)s1. The molecule has 4 rings (SSSR count). The van der Waals surface area contributed by atoms with Crippen molar-refractivity contribution in [3.63, 3.8) is 0 Å². The molecule has 0 radical (unpaired) electrons. The quantitative estimate of drug-likeness (QED) is 0.588. The molecule has 11 heteroatoms. The summed E-state index contributed by atoms with van der Waals surface area (Å²) in [5, 5.41) is 24.3. The summed E-state index contributed by atoms with van der Waals surface area (Å²) in [5.41, 5.74) is 1.65. The lowest BCUT2D eigenvalue weighted by Gasteiger charge is -2.27. The summed E-state index contributed by atoms with van der Waals surface area (Å²) in [7, 11) is 0. The number of urea groups is 1. The molecule has 1 saturated heterocycles. The van der Waals surface area contributed by atoms with Gasteiger partial charge in [0.1, 0.15) is 23.4 Å². The summed E-state index contributed by atoms with van der Waals surface area (Å²) in [4.78, 5) is 14.4. The molecule has 2 aromatic heterocycles. The van der Waals surface area contributed by atoms with Crippen molar-refractivity contribution in [2.24, 2.45) is 0 Å². The summed E-state index contributed by atoms with van der Waals surface area (Å²) in [6.45, 7) is 1.37. The second-order valence-corrected chi connectivity index (χ2v) is 8.59. The molecule has 3 heterocycles. The molecule has 2 amide bonds. The zero-order chi connectivity index (χ0) is 21.8. The maximum Gasteiger partial charge on any atom is 0.323 e. The highest BCUT2D eigenvalue weighted by Gasteiger charge is 2.22. The number of anilines is 2. The maximum absolute atomic E-state index is 13.3. The molecular weight excluding hydrogens is 424 g/mol. The van der Waals surface area contributed by atoms with Gasteiger partial charge in [0.25, 0.3) is 0 Å². The van der Waals surface area contributed by atoms with Gasteiger partial charge in [-0.05, 0) is 44.4 Å². The minimum Gasteiger partial charge on any atom is -0.373 e. The van der Waals surface area contributed by atoms with E-state index in [1.807, 2.05) is 19.1 Å². The average molecular weight is 448 g/mol. The first-order chi connectivity index (χ1) is 15.1. The number of carbonyl (C=O) groups excluding carboxylic acids is 1. The molecular formula is C20H23F2N7OS. The fourth-order valence-electron chi connectivity index (χ4n) is 3.48. The number of rotatable bonds is 6. The van der Waals surface area contributed by atoms with Crippen molar-refractivity contribution in [2.75, 3.05) is 37.1 Å². The number of piperidine rings is 1. The third kappa shape index (κ3) is 4.71. The number of likely N-dealkylation sites (tertiary alicyclic amines) is 1. The van der Waals surface area contributed by atoms with Gasteiger partial charge in [0.15, 0.2) is 5.82 Å². The van der Waals surface area contributed by atoms with Gasteiger partial charge in [-0.2, -0.15) is 0 Å². The number of hydrogen-bond donors (Lipinski definition) is 2. The first-order valence-corrected chi connectivity index (χ1v) is 11.0. The normalized spacial score (nSPS) is 14.3. The molecule has 1 aliphatic rings. The number of fused-ring (bicyclic) bond motifs is 1. The smallest absolute Gasteiger partial charge is 0.323 e. The van der Waals surface area contributed by atoms with E-state index in [1.165, 1.54) is 11.3 Å². The van der Waals surface area contributed by atoms with Crippen molar-refractivity contribution in [1.29, 1.82) is 0 Å². The molecule has 3 aromatic rings. The third-order valence-corrected chi connectivity index (χ3v) is 6.01. The number of hydrogen-bond acceptors (Lipinski definition) is 7. The fourth-order valence-corrected chi connectivity index (χ4v) is 4.17. The van der Waals surface area contributed by atoms with Crippen LogP contribution in [0.1, 0.15) is 24.3 Å². The molecule has 2 N–H and O–H groups in total. The number of amides is 2. The Morgan fingerprint density at radius 1 is 1.13 bits per heavy atom. The Morgan fingerprint density at radius 2 is 1.90 bits per heavy atom. The summed E-state index contributed by atoms with van der Waals surface area (Å²) < 4.78 is 26.6. The van der Waals surface area contributed by atoms with Crippen LogP contribution in [0.15, 0.2) is 18.2 Å². The highest BCUT2D eigenvalue weighted by Crippen LogP contribution is 2.33. The number of benzene rings is 1. The van der Waals surface area contributed by atoms with Gasteiger partial charge in [-0.25, -0.2) is 13.6 Å². The van der Waals surface area contributed by atoms with Crippen molar-refractivity contribution in [3.05, 3.63) is 23.2 Å². The summed E-state index contributed by atoms with van der Waals surface area (Å²) in [6, 6.07) is 4.05. The maximum atomic E-state index is 13.3. The van der Waals surface area contributed by atoms with Gasteiger partial charge in [0, 0.05) is 24.0 Å². The lowest BCUT2D eigenvalue weighted by atomic mass is 10.1. The van der Waals surface area contributed by atoms with Gasteiger partial charge in [0.2, 0.25) is 0 Å². The number of halogens is 2. The molecule has 1 fully saturated rings. The topological polar surface area (TPSA) is 95.9 Å². The van der Waals surface area contributed by atoms with E-state index in [2.05, 4.69) is 31.0 Å². The highest BCUT2D eigenvalue weighted by atomic mass is 32.1. The predicted octanol–water partition coefficient (Wildman–Crippen LogP) is 4.19. The van der Waals surface area contributed by atoms with E-state index < -0.39 is 19.4 Å². The second-order valence-electron chi connectivity index (χ2n) is 7.41. The lowest BCUT2D eigenvalue weighted by molar-refractivity contribution is 0.200. The molecule has 8 nitrogen and oxygen atoms in total. The molecule has 1 aromatic carbocycles.